The molecule has 0 aliphatic carbocycles. The first kappa shape index (κ1) is 14.4. The van der Waals surface area contributed by atoms with Crippen molar-refractivity contribution >= 4 is 50.7 Å². The fourth-order valence-corrected chi connectivity index (χ4v) is 2.26. The maximum absolute atomic E-state index is 12.1. The number of halogens is 3. The van der Waals surface area contributed by atoms with Gasteiger partial charge in [0.15, 0.2) is 0 Å². The van der Waals surface area contributed by atoms with Crippen LogP contribution >= 0.6 is 39.1 Å². The Labute approximate surface area is 129 Å². The van der Waals surface area contributed by atoms with E-state index in [0.717, 1.165) is 10.0 Å². The Morgan fingerprint density at radius 2 is 1.95 bits per heavy atom. The molecule has 98 valence electrons. The third-order valence-corrected chi connectivity index (χ3v) is 4.31. The molecule has 2 nitrogen and oxygen atoms in total. The van der Waals surface area contributed by atoms with Crippen molar-refractivity contribution in [2.24, 2.45) is 0 Å². The summed E-state index contributed by atoms with van der Waals surface area (Å²) in [5, 5.41) is 3.48. The highest BCUT2D eigenvalue weighted by Crippen LogP contribution is 2.30. The normalized spacial score (nSPS) is 10.3. The number of carbonyl (C=O) groups excluding carboxylic acids is 1. The van der Waals surface area contributed by atoms with Crippen LogP contribution < -0.4 is 5.32 Å². The zero-order valence-electron chi connectivity index (χ0n) is 10.0. The van der Waals surface area contributed by atoms with Gasteiger partial charge in [-0.15, -0.1) is 0 Å². The molecule has 0 fully saturated rings. The SMILES string of the molecule is Cc1ccc(C(=O)Nc2cccc(Cl)c2Cl)cc1Br. The Morgan fingerprint density at radius 1 is 1.21 bits per heavy atom. The number of rotatable bonds is 2. The molecule has 0 bridgehead atoms. The second-order valence-corrected chi connectivity index (χ2v) is 5.66. The summed E-state index contributed by atoms with van der Waals surface area (Å²) in [5.41, 5.74) is 2.11. The van der Waals surface area contributed by atoms with E-state index in [1.165, 1.54) is 0 Å². The fourth-order valence-electron chi connectivity index (χ4n) is 1.53. The number of aryl methyl sites for hydroxylation is 1. The van der Waals surface area contributed by atoms with E-state index in [4.69, 9.17) is 23.2 Å². The molecule has 0 spiro atoms. The number of hydrogen-bond acceptors (Lipinski definition) is 1. The molecule has 0 unspecified atom stereocenters. The van der Waals surface area contributed by atoms with Gasteiger partial charge in [0.2, 0.25) is 0 Å². The summed E-state index contributed by atoms with van der Waals surface area (Å²) < 4.78 is 0.886. The Hall–Kier alpha value is -1.03. The number of benzene rings is 2. The summed E-state index contributed by atoms with van der Waals surface area (Å²) in [6.45, 7) is 1.96. The number of amides is 1. The molecule has 0 atom stereocenters. The molecule has 1 amide bonds. The van der Waals surface area contributed by atoms with Crippen molar-refractivity contribution in [3.05, 3.63) is 62.0 Å². The van der Waals surface area contributed by atoms with Gasteiger partial charge in [0, 0.05) is 10.0 Å². The first-order valence-electron chi connectivity index (χ1n) is 5.50. The van der Waals surface area contributed by atoms with E-state index in [2.05, 4.69) is 21.2 Å². The predicted molar refractivity (Wildman–Crippen MR) is 83.3 cm³/mol. The van der Waals surface area contributed by atoms with E-state index in [1.807, 2.05) is 13.0 Å². The van der Waals surface area contributed by atoms with Crippen LogP contribution in [0.2, 0.25) is 10.0 Å². The summed E-state index contributed by atoms with van der Waals surface area (Å²) in [6.07, 6.45) is 0. The van der Waals surface area contributed by atoms with Crippen LogP contribution in [0, 0.1) is 6.92 Å². The molecule has 2 aromatic carbocycles. The van der Waals surface area contributed by atoms with Crippen molar-refractivity contribution in [3.8, 4) is 0 Å². The summed E-state index contributed by atoms with van der Waals surface area (Å²) in [4.78, 5) is 12.1. The molecule has 0 saturated carbocycles. The monoisotopic (exact) mass is 357 g/mol. The van der Waals surface area contributed by atoms with Gasteiger partial charge in [0.25, 0.3) is 5.91 Å². The Bertz CT molecular complexity index is 643. The maximum atomic E-state index is 12.1. The largest absolute Gasteiger partial charge is 0.321 e. The second kappa shape index (κ2) is 5.95. The molecule has 0 aliphatic heterocycles. The molecule has 1 N–H and O–H groups in total. The average Bonchev–Trinajstić information content (AvgIpc) is 2.38. The highest BCUT2D eigenvalue weighted by molar-refractivity contribution is 9.10. The smallest absolute Gasteiger partial charge is 0.255 e. The maximum Gasteiger partial charge on any atom is 0.255 e. The van der Waals surface area contributed by atoms with Crippen LogP contribution in [-0.4, -0.2) is 5.91 Å². The van der Waals surface area contributed by atoms with Crippen LogP contribution in [0.5, 0.6) is 0 Å². The molecule has 0 aromatic heterocycles. The predicted octanol–water partition coefficient (Wildman–Crippen LogP) is 5.32. The number of anilines is 1. The average molecular weight is 359 g/mol. The molecular weight excluding hydrogens is 349 g/mol. The third kappa shape index (κ3) is 3.30. The van der Waals surface area contributed by atoms with Crippen molar-refractivity contribution in [2.75, 3.05) is 5.32 Å². The summed E-state index contributed by atoms with van der Waals surface area (Å²) >= 11 is 15.3. The molecule has 5 heteroatoms. The molecule has 19 heavy (non-hydrogen) atoms. The van der Waals surface area contributed by atoms with Crippen LogP contribution in [0.15, 0.2) is 40.9 Å². The minimum absolute atomic E-state index is 0.232. The van der Waals surface area contributed by atoms with Crippen LogP contribution in [0.25, 0.3) is 0 Å². The van der Waals surface area contributed by atoms with E-state index in [1.54, 1.807) is 30.3 Å². The zero-order chi connectivity index (χ0) is 14.0. The van der Waals surface area contributed by atoms with Gasteiger partial charge in [0.05, 0.1) is 15.7 Å². The lowest BCUT2D eigenvalue weighted by atomic mass is 10.1. The standard InChI is InChI=1S/C14H10BrCl2NO/c1-8-5-6-9(7-10(8)15)14(19)18-12-4-2-3-11(16)13(12)17/h2-7H,1H3,(H,18,19). The van der Waals surface area contributed by atoms with E-state index < -0.39 is 0 Å². The van der Waals surface area contributed by atoms with E-state index in [0.29, 0.717) is 21.3 Å². The molecule has 2 aromatic rings. The molecule has 0 saturated heterocycles. The van der Waals surface area contributed by atoms with Crippen molar-refractivity contribution < 1.29 is 4.79 Å². The van der Waals surface area contributed by atoms with E-state index in [-0.39, 0.29) is 5.91 Å². The van der Waals surface area contributed by atoms with Crippen molar-refractivity contribution in [3.63, 3.8) is 0 Å². The first-order valence-corrected chi connectivity index (χ1v) is 7.05. The lowest BCUT2D eigenvalue weighted by molar-refractivity contribution is 0.102. The van der Waals surface area contributed by atoms with Crippen LogP contribution in [0.3, 0.4) is 0 Å². The number of hydrogen-bond donors (Lipinski definition) is 1. The first-order chi connectivity index (χ1) is 8.99. The van der Waals surface area contributed by atoms with Gasteiger partial charge in [-0.05, 0) is 36.8 Å². The lowest BCUT2D eigenvalue weighted by Gasteiger charge is -2.09. The molecule has 0 radical (unpaired) electrons. The third-order valence-electron chi connectivity index (χ3n) is 2.63. The molecule has 0 heterocycles. The van der Waals surface area contributed by atoms with Gasteiger partial charge < -0.3 is 5.32 Å². The van der Waals surface area contributed by atoms with Gasteiger partial charge in [-0.2, -0.15) is 0 Å². The van der Waals surface area contributed by atoms with E-state index in [9.17, 15) is 4.79 Å². The summed E-state index contributed by atoms with van der Waals surface area (Å²) in [7, 11) is 0. The Balaban J connectivity index is 2.26. The van der Waals surface area contributed by atoms with Gasteiger partial charge in [-0.25, -0.2) is 0 Å². The van der Waals surface area contributed by atoms with Gasteiger partial charge in [-0.1, -0.05) is 51.3 Å². The van der Waals surface area contributed by atoms with Crippen molar-refractivity contribution in [1.29, 1.82) is 0 Å². The van der Waals surface area contributed by atoms with Crippen LogP contribution in [0.4, 0.5) is 5.69 Å². The Morgan fingerprint density at radius 3 is 2.63 bits per heavy atom. The van der Waals surface area contributed by atoms with Gasteiger partial charge >= 0.3 is 0 Å². The van der Waals surface area contributed by atoms with Crippen molar-refractivity contribution in [1.82, 2.24) is 0 Å². The van der Waals surface area contributed by atoms with Gasteiger partial charge in [-0.3, -0.25) is 4.79 Å². The molecule has 0 aliphatic rings. The topological polar surface area (TPSA) is 29.1 Å². The van der Waals surface area contributed by atoms with Crippen LogP contribution in [-0.2, 0) is 0 Å². The zero-order valence-corrected chi connectivity index (χ0v) is 13.1. The second-order valence-electron chi connectivity index (χ2n) is 4.02. The Kier molecular flexibility index (Phi) is 4.50. The fraction of sp³-hybridized carbons (Fsp3) is 0.0714. The van der Waals surface area contributed by atoms with Crippen molar-refractivity contribution in [2.45, 2.75) is 6.92 Å². The summed E-state index contributed by atoms with van der Waals surface area (Å²) in [5.74, 6) is -0.232. The lowest BCUT2D eigenvalue weighted by Crippen LogP contribution is -2.12. The molecule has 2 rings (SSSR count). The number of carbonyl (C=O) groups is 1. The van der Waals surface area contributed by atoms with Crippen LogP contribution in [0.1, 0.15) is 15.9 Å². The highest BCUT2D eigenvalue weighted by atomic mass is 79.9. The number of nitrogens with one attached hydrogen (secondary N) is 1. The highest BCUT2D eigenvalue weighted by Gasteiger charge is 2.11. The minimum atomic E-state index is -0.232. The van der Waals surface area contributed by atoms with Gasteiger partial charge in [0.1, 0.15) is 0 Å². The quantitative estimate of drug-likeness (QED) is 0.773. The minimum Gasteiger partial charge on any atom is -0.321 e. The molecular formula is C14H10BrCl2NO. The van der Waals surface area contributed by atoms with E-state index >= 15 is 0 Å². The summed E-state index contributed by atoms with van der Waals surface area (Å²) in [6, 6.07) is 10.5.